The Hall–Kier alpha value is -2.84. The molecular formula is C25H23ClFN3O3. The van der Waals surface area contributed by atoms with Crippen molar-refractivity contribution in [2.24, 2.45) is 0 Å². The van der Waals surface area contributed by atoms with Crippen LogP contribution in [-0.4, -0.2) is 39.5 Å². The summed E-state index contributed by atoms with van der Waals surface area (Å²) in [6, 6.07) is 21.2. The molecule has 0 amide bonds. The molecule has 5 rings (SSSR count). The number of nitrogens with zero attached hydrogens (tertiary/aromatic N) is 3. The SMILES string of the molecule is FC1C(OCc2ccccc2)C(COCc2ccccc2)OC1n1ccc2c(Cl)ncnc21. The molecule has 4 unspecified atom stereocenters. The summed E-state index contributed by atoms with van der Waals surface area (Å²) in [6.07, 6.45) is -0.673. The van der Waals surface area contributed by atoms with Crippen molar-refractivity contribution in [1.82, 2.24) is 14.5 Å². The van der Waals surface area contributed by atoms with Gasteiger partial charge in [-0.25, -0.2) is 14.4 Å². The molecule has 0 N–H and O–H groups in total. The van der Waals surface area contributed by atoms with E-state index in [1.807, 2.05) is 60.7 Å². The Morgan fingerprint density at radius 3 is 2.36 bits per heavy atom. The van der Waals surface area contributed by atoms with E-state index in [1.54, 1.807) is 16.8 Å². The van der Waals surface area contributed by atoms with Gasteiger partial charge in [-0.2, -0.15) is 0 Å². The average molecular weight is 468 g/mol. The van der Waals surface area contributed by atoms with Gasteiger partial charge in [0, 0.05) is 6.20 Å². The first kappa shape index (κ1) is 22.0. The number of benzene rings is 2. The molecule has 2 aromatic carbocycles. The maximum Gasteiger partial charge on any atom is 0.174 e. The summed E-state index contributed by atoms with van der Waals surface area (Å²) in [5.74, 6) is 0. The molecule has 4 aromatic rings. The van der Waals surface area contributed by atoms with E-state index >= 15 is 4.39 Å². The minimum absolute atomic E-state index is 0.195. The molecule has 3 heterocycles. The van der Waals surface area contributed by atoms with Crippen molar-refractivity contribution in [2.45, 2.75) is 37.8 Å². The number of ether oxygens (including phenoxy) is 3. The molecule has 2 aromatic heterocycles. The van der Waals surface area contributed by atoms with Crippen LogP contribution in [0, 0.1) is 0 Å². The summed E-state index contributed by atoms with van der Waals surface area (Å²) >= 11 is 6.17. The monoisotopic (exact) mass is 467 g/mol. The van der Waals surface area contributed by atoms with Gasteiger partial charge >= 0.3 is 0 Å². The van der Waals surface area contributed by atoms with E-state index in [4.69, 9.17) is 25.8 Å². The Morgan fingerprint density at radius 2 is 1.64 bits per heavy atom. The van der Waals surface area contributed by atoms with Crippen molar-refractivity contribution in [3.63, 3.8) is 0 Å². The van der Waals surface area contributed by atoms with Crippen molar-refractivity contribution in [3.8, 4) is 0 Å². The largest absolute Gasteiger partial charge is 0.374 e. The molecule has 0 saturated carbocycles. The highest BCUT2D eigenvalue weighted by Gasteiger charge is 2.47. The summed E-state index contributed by atoms with van der Waals surface area (Å²) in [7, 11) is 0. The van der Waals surface area contributed by atoms with Gasteiger partial charge in [-0.1, -0.05) is 72.3 Å². The third-order valence-corrected chi connectivity index (χ3v) is 5.98. The topological polar surface area (TPSA) is 58.4 Å². The zero-order valence-electron chi connectivity index (χ0n) is 17.8. The Labute approximate surface area is 195 Å². The molecule has 33 heavy (non-hydrogen) atoms. The molecule has 0 bridgehead atoms. The highest BCUT2D eigenvalue weighted by atomic mass is 35.5. The maximum atomic E-state index is 15.7. The molecule has 170 valence electrons. The Morgan fingerprint density at radius 1 is 0.939 bits per heavy atom. The Kier molecular flexibility index (Phi) is 6.64. The fourth-order valence-electron chi connectivity index (χ4n) is 4.03. The molecule has 0 radical (unpaired) electrons. The van der Waals surface area contributed by atoms with Crippen LogP contribution in [0.3, 0.4) is 0 Å². The Balaban J connectivity index is 1.35. The number of halogens is 2. The van der Waals surface area contributed by atoms with Crippen LogP contribution < -0.4 is 0 Å². The number of rotatable bonds is 8. The first-order valence-electron chi connectivity index (χ1n) is 10.7. The molecule has 1 aliphatic rings. The highest BCUT2D eigenvalue weighted by molar-refractivity contribution is 6.33. The van der Waals surface area contributed by atoms with E-state index in [0.717, 1.165) is 11.1 Å². The lowest BCUT2D eigenvalue weighted by molar-refractivity contribution is -0.0818. The van der Waals surface area contributed by atoms with Crippen LogP contribution in [0.25, 0.3) is 11.0 Å². The van der Waals surface area contributed by atoms with Gasteiger partial charge in [0.1, 0.15) is 29.3 Å². The zero-order valence-corrected chi connectivity index (χ0v) is 18.5. The van der Waals surface area contributed by atoms with E-state index in [1.165, 1.54) is 6.33 Å². The van der Waals surface area contributed by atoms with Crippen LogP contribution in [0.4, 0.5) is 4.39 Å². The van der Waals surface area contributed by atoms with Crippen molar-refractivity contribution in [2.75, 3.05) is 6.61 Å². The molecule has 4 atom stereocenters. The molecule has 1 saturated heterocycles. The number of hydrogen-bond donors (Lipinski definition) is 0. The average Bonchev–Trinajstić information content (AvgIpc) is 3.41. The van der Waals surface area contributed by atoms with Gasteiger partial charge in [0.15, 0.2) is 12.4 Å². The molecule has 1 aliphatic heterocycles. The smallest absolute Gasteiger partial charge is 0.174 e. The third kappa shape index (κ3) is 4.77. The minimum Gasteiger partial charge on any atom is -0.374 e. The molecule has 0 spiro atoms. The van der Waals surface area contributed by atoms with E-state index in [-0.39, 0.29) is 13.2 Å². The van der Waals surface area contributed by atoms with E-state index in [2.05, 4.69) is 9.97 Å². The van der Waals surface area contributed by atoms with Gasteiger partial charge in [0.25, 0.3) is 0 Å². The van der Waals surface area contributed by atoms with Crippen LogP contribution in [0.2, 0.25) is 5.15 Å². The summed E-state index contributed by atoms with van der Waals surface area (Å²) in [6.45, 7) is 0.876. The lowest BCUT2D eigenvalue weighted by Crippen LogP contribution is -2.34. The van der Waals surface area contributed by atoms with Crippen molar-refractivity contribution in [1.29, 1.82) is 0 Å². The summed E-state index contributed by atoms with van der Waals surface area (Å²) in [5.41, 5.74) is 2.51. The highest BCUT2D eigenvalue weighted by Crippen LogP contribution is 2.37. The number of aromatic nitrogens is 3. The fraction of sp³-hybridized carbons (Fsp3) is 0.280. The van der Waals surface area contributed by atoms with Crippen molar-refractivity contribution in [3.05, 3.63) is 95.5 Å². The zero-order chi connectivity index (χ0) is 22.6. The van der Waals surface area contributed by atoms with Crippen LogP contribution in [-0.2, 0) is 27.4 Å². The fourth-order valence-corrected chi connectivity index (χ4v) is 4.22. The maximum absolute atomic E-state index is 15.7. The van der Waals surface area contributed by atoms with Gasteiger partial charge in [-0.3, -0.25) is 0 Å². The molecule has 6 nitrogen and oxygen atoms in total. The second kappa shape index (κ2) is 9.97. The first-order chi connectivity index (χ1) is 16.2. The van der Waals surface area contributed by atoms with Gasteiger partial charge < -0.3 is 18.8 Å². The summed E-state index contributed by atoms with van der Waals surface area (Å²) < 4.78 is 35.4. The van der Waals surface area contributed by atoms with Crippen molar-refractivity contribution >= 4 is 22.6 Å². The van der Waals surface area contributed by atoms with E-state index < -0.39 is 24.6 Å². The standard InChI is InChI=1S/C25H23ClFN3O3/c26-23-19-11-12-30(24(19)29-16-28-23)25-21(27)22(32-14-18-9-5-2-6-10-18)20(33-25)15-31-13-17-7-3-1-4-8-17/h1-12,16,20-22,25H,13-15H2. The van der Waals surface area contributed by atoms with Gasteiger partial charge in [-0.05, 0) is 17.2 Å². The summed E-state index contributed by atoms with van der Waals surface area (Å²) in [4.78, 5) is 8.27. The van der Waals surface area contributed by atoms with Gasteiger partial charge in [0.05, 0.1) is 25.2 Å². The van der Waals surface area contributed by atoms with E-state index in [9.17, 15) is 0 Å². The summed E-state index contributed by atoms with van der Waals surface area (Å²) in [5, 5.41) is 0.951. The third-order valence-electron chi connectivity index (χ3n) is 5.68. The van der Waals surface area contributed by atoms with Crippen LogP contribution in [0.5, 0.6) is 0 Å². The van der Waals surface area contributed by atoms with Crippen LogP contribution >= 0.6 is 11.6 Å². The van der Waals surface area contributed by atoms with Crippen molar-refractivity contribution < 1.29 is 18.6 Å². The van der Waals surface area contributed by atoms with Crippen LogP contribution in [0.1, 0.15) is 17.4 Å². The lowest BCUT2D eigenvalue weighted by atomic mass is 10.1. The molecule has 1 fully saturated rings. The number of fused-ring (bicyclic) bond motifs is 1. The lowest BCUT2D eigenvalue weighted by Gasteiger charge is -2.20. The predicted octanol–water partition coefficient (Wildman–Crippen LogP) is 5.12. The minimum atomic E-state index is -1.43. The molecule has 0 aliphatic carbocycles. The second-order valence-corrected chi connectivity index (χ2v) is 8.25. The molecular weight excluding hydrogens is 445 g/mol. The van der Waals surface area contributed by atoms with Gasteiger partial charge in [0.2, 0.25) is 0 Å². The quantitative estimate of drug-likeness (QED) is 0.336. The number of hydrogen-bond acceptors (Lipinski definition) is 5. The normalized spacial score (nSPS) is 22.7. The predicted molar refractivity (Wildman–Crippen MR) is 122 cm³/mol. The second-order valence-electron chi connectivity index (χ2n) is 7.90. The first-order valence-corrected chi connectivity index (χ1v) is 11.1. The Bertz CT molecular complexity index is 1190. The number of alkyl halides is 1. The van der Waals surface area contributed by atoms with Gasteiger partial charge in [-0.15, -0.1) is 0 Å². The molecule has 8 heteroatoms. The van der Waals surface area contributed by atoms with E-state index in [0.29, 0.717) is 22.8 Å². The van der Waals surface area contributed by atoms with Crippen LogP contribution in [0.15, 0.2) is 79.3 Å².